The Kier molecular flexibility index (Phi) is 3.22. The Morgan fingerprint density at radius 3 is 2.89 bits per heavy atom. The van der Waals surface area contributed by atoms with Gasteiger partial charge in [0.15, 0.2) is 0 Å². The first-order valence-corrected chi connectivity index (χ1v) is 6.62. The zero-order chi connectivity index (χ0) is 13.2. The van der Waals surface area contributed by atoms with Crippen molar-refractivity contribution in [1.82, 2.24) is 10.3 Å². The summed E-state index contributed by atoms with van der Waals surface area (Å²) in [6.07, 6.45) is 4.83. The first-order valence-electron chi connectivity index (χ1n) is 6.62. The highest BCUT2D eigenvalue weighted by molar-refractivity contribution is 5.39. The number of para-hydroxylation sites is 1. The van der Waals surface area contributed by atoms with Gasteiger partial charge >= 0.3 is 0 Å². The molecule has 0 fully saturated rings. The zero-order valence-electron chi connectivity index (χ0n) is 11.3. The molecule has 0 radical (unpaired) electrons. The van der Waals surface area contributed by atoms with Crippen LogP contribution in [0, 0.1) is 6.92 Å². The average Bonchev–Trinajstić information content (AvgIpc) is 2.85. The van der Waals surface area contributed by atoms with Crippen LogP contribution in [0.5, 0.6) is 5.75 Å². The van der Waals surface area contributed by atoms with Gasteiger partial charge in [-0.15, -0.1) is 0 Å². The van der Waals surface area contributed by atoms with Crippen molar-refractivity contribution in [2.75, 3.05) is 7.05 Å². The molecule has 2 aromatic rings. The fourth-order valence-electron chi connectivity index (χ4n) is 2.74. The van der Waals surface area contributed by atoms with Gasteiger partial charge in [-0.3, -0.25) is 4.98 Å². The second kappa shape index (κ2) is 5.02. The lowest BCUT2D eigenvalue weighted by atomic mass is 9.96. The molecule has 1 aromatic heterocycles. The van der Waals surface area contributed by atoms with E-state index in [1.807, 2.05) is 37.6 Å². The van der Waals surface area contributed by atoms with Crippen molar-refractivity contribution < 1.29 is 4.74 Å². The number of pyridine rings is 1. The van der Waals surface area contributed by atoms with Crippen LogP contribution in [0.15, 0.2) is 42.7 Å². The Labute approximate surface area is 113 Å². The largest absolute Gasteiger partial charge is 0.488 e. The molecule has 2 heterocycles. The van der Waals surface area contributed by atoms with Gasteiger partial charge < -0.3 is 10.1 Å². The first-order chi connectivity index (χ1) is 9.29. The predicted molar refractivity (Wildman–Crippen MR) is 75.3 cm³/mol. The van der Waals surface area contributed by atoms with Crippen LogP contribution in [0.1, 0.15) is 22.7 Å². The van der Waals surface area contributed by atoms with E-state index < -0.39 is 0 Å². The summed E-state index contributed by atoms with van der Waals surface area (Å²) in [7, 11) is 1.98. The van der Waals surface area contributed by atoms with E-state index in [9.17, 15) is 0 Å². The first kappa shape index (κ1) is 12.2. The Balaban J connectivity index is 1.88. The van der Waals surface area contributed by atoms with E-state index in [-0.39, 0.29) is 12.1 Å². The van der Waals surface area contributed by atoms with Crippen LogP contribution >= 0.6 is 0 Å². The lowest BCUT2D eigenvalue weighted by Gasteiger charge is -2.24. The third-order valence-corrected chi connectivity index (χ3v) is 3.77. The molecule has 0 bridgehead atoms. The summed E-state index contributed by atoms with van der Waals surface area (Å²) in [5.74, 6) is 1.01. The molecule has 1 N–H and O–H groups in total. The summed E-state index contributed by atoms with van der Waals surface area (Å²) in [6.45, 7) is 2.11. The van der Waals surface area contributed by atoms with Crippen LogP contribution in [0.2, 0.25) is 0 Å². The summed E-state index contributed by atoms with van der Waals surface area (Å²) >= 11 is 0. The Morgan fingerprint density at radius 2 is 2.16 bits per heavy atom. The normalized spacial score (nSPS) is 18.7. The SMILES string of the molecule is CNC(c1cnccc1C)C1Cc2ccccc2O1. The lowest BCUT2D eigenvalue weighted by molar-refractivity contribution is 0.183. The van der Waals surface area contributed by atoms with Crippen LogP contribution in [0.3, 0.4) is 0 Å². The van der Waals surface area contributed by atoms with Gasteiger partial charge in [-0.05, 0) is 42.8 Å². The van der Waals surface area contributed by atoms with E-state index in [0.717, 1.165) is 12.2 Å². The zero-order valence-corrected chi connectivity index (χ0v) is 11.3. The predicted octanol–water partition coefficient (Wildman–Crippen LogP) is 2.65. The topological polar surface area (TPSA) is 34.2 Å². The second-order valence-electron chi connectivity index (χ2n) is 4.97. The van der Waals surface area contributed by atoms with Crippen LogP contribution in [-0.2, 0) is 6.42 Å². The number of fused-ring (bicyclic) bond motifs is 1. The molecule has 1 aliphatic rings. The van der Waals surface area contributed by atoms with Gasteiger partial charge in [0.2, 0.25) is 0 Å². The van der Waals surface area contributed by atoms with Crippen molar-refractivity contribution >= 4 is 0 Å². The van der Waals surface area contributed by atoms with Gasteiger partial charge in [0.05, 0.1) is 6.04 Å². The molecule has 3 nitrogen and oxygen atoms in total. The van der Waals surface area contributed by atoms with E-state index in [2.05, 4.69) is 29.4 Å². The number of aromatic nitrogens is 1. The number of nitrogens with zero attached hydrogens (tertiary/aromatic N) is 1. The molecule has 0 spiro atoms. The molecule has 0 saturated heterocycles. The summed E-state index contributed by atoms with van der Waals surface area (Å²) < 4.78 is 6.08. The number of rotatable bonds is 3. The molecule has 98 valence electrons. The third kappa shape index (κ3) is 2.22. The van der Waals surface area contributed by atoms with Gasteiger partial charge in [-0.1, -0.05) is 18.2 Å². The molecule has 0 saturated carbocycles. The van der Waals surface area contributed by atoms with Crippen molar-refractivity contribution in [2.45, 2.75) is 25.5 Å². The molecule has 3 heteroatoms. The lowest BCUT2D eigenvalue weighted by Crippen LogP contribution is -2.33. The highest BCUT2D eigenvalue weighted by Crippen LogP contribution is 2.34. The molecule has 0 amide bonds. The minimum atomic E-state index is 0.130. The van der Waals surface area contributed by atoms with E-state index in [1.165, 1.54) is 16.7 Å². The Morgan fingerprint density at radius 1 is 1.32 bits per heavy atom. The number of likely N-dealkylation sites (N-methyl/N-ethyl adjacent to an activating group) is 1. The summed E-state index contributed by atoms with van der Waals surface area (Å²) in [5, 5.41) is 3.37. The number of aryl methyl sites for hydroxylation is 1. The molecule has 1 aliphatic heterocycles. The van der Waals surface area contributed by atoms with Gasteiger partial charge in [0.1, 0.15) is 11.9 Å². The van der Waals surface area contributed by atoms with Gasteiger partial charge in [0, 0.05) is 18.8 Å². The third-order valence-electron chi connectivity index (χ3n) is 3.77. The maximum Gasteiger partial charge on any atom is 0.123 e. The maximum absolute atomic E-state index is 6.08. The van der Waals surface area contributed by atoms with Crippen LogP contribution in [-0.4, -0.2) is 18.1 Å². The standard InChI is InChI=1S/C16H18N2O/c1-11-7-8-18-10-13(11)16(17-2)15-9-12-5-3-4-6-14(12)19-15/h3-8,10,15-17H,9H2,1-2H3. The monoisotopic (exact) mass is 254 g/mol. The van der Waals surface area contributed by atoms with E-state index in [0.29, 0.717) is 0 Å². The molecule has 2 unspecified atom stereocenters. The summed E-state index contributed by atoms with van der Waals surface area (Å²) in [5.41, 5.74) is 3.74. The Hall–Kier alpha value is -1.87. The highest BCUT2D eigenvalue weighted by atomic mass is 16.5. The Bertz CT molecular complexity index is 557. The summed E-state index contributed by atoms with van der Waals surface area (Å²) in [6, 6.07) is 10.5. The highest BCUT2D eigenvalue weighted by Gasteiger charge is 2.31. The number of ether oxygens (including phenoxy) is 1. The minimum Gasteiger partial charge on any atom is -0.488 e. The maximum atomic E-state index is 6.08. The van der Waals surface area contributed by atoms with E-state index >= 15 is 0 Å². The van der Waals surface area contributed by atoms with Gasteiger partial charge in [-0.25, -0.2) is 0 Å². The smallest absolute Gasteiger partial charge is 0.123 e. The number of benzene rings is 1. The summed E-state index contributed by atoms with van der Waals surface area (Å²) in [4.78, 5) is 4.24. The molecule has 2 atom stereocenters. The van der Waals surface area contributed by atoms with Crippen molar-refractivity contribution in [2.24, 2.45) is 0 Å². The van der Waals surface area contributed by atoms with Crippen molar-refractivity contribution in [3.05, 3.63) is 59.4 Å². The quantitative estimate of drug-likeness (QED) is 0.914. The number of nitrogens with one attached hydrogen (secondary N) is 1. The van der Waals surface area contributed by atoms with Crippen LogP contribution < -0.4 is 10.1 Å². The average molecular weight is 254 g/mol. The minimum absolute atomic E-state index is 0.130. The van der Waals surface area contributed by atoms with E-state index in [1.54, 1.807) is 0 Å². The molecular formula is C16H18N2O. The van der Waals surface area contributed by atoms with Gasteiger partial charge in [-0.2, -0.15) is 0 Å². The van der Waals surface area contributed by atoms with Crippen molar-refractivity contribution in [3.63, 3.8) is 0 Å². The van der Waals surface area contributed by atoms with Crippen molar-refractivity contribution in [3.8, 4) is 5.75 Å². The van der Waals surface area contributed by atoms with Gasteiger partial charge in [0.25, 0.3) is 0 Å². The molecule has 19 heavy (non-hydrogen) atoms. The van der Waals surface area contributed by atoms with Crippen LogP contribution in [0.25, 0.3) is 0 Å². The van der Waals surface area contributed by atoms with E-state index in [4.69, 9.17) is 4.74 Å². The molecular weight excluding hydrogens is 236 g/mol. The molecule has 0 aliphatic carbocycles. The number of hydrogen-bond donors (Lipinski definition) is 1. The number of hydrogen-bond acceptors (Lipinski definition) is 3. The fraction of sp³-hybridized carbons (Fsp3) is 0.312. The fourth-order valence-corrected chi connectivity index (χ4v) is 2.74. The molecule has 1 aromatic carbocycles. The second-order valence-corrected chi connectivity index (χ2v) is 4.97. The molecule has 3 rings (SSSR count). The van der Waals surface area contributed by atoms with Crippen LogP contribution in [0.4, 0.5) is 0 Å². The van der Waals surface area contributed by atoms with Crippen molar-refractivity contribution in [1.29, 1.82) is 0 Å².